The smallest absolute Gasteiger partial charge is 0.202 e. The Kier molecular flexibility index (Phi) is 3.84. The highest BCUT2D eigenvalue weighted by Crippen LogP contribution is 2.06. The summed E-state index contributed by atoms with van der Waals surface area (Å²) in [6.07, 6.45) is -0.334. The summed E-state index contributed by atoms with van der Waals surface area (Å²) in [5.41, 5.74) is -0.451. The molecule has 15 heavy (non-hydrogen) atoms. The number of aliphatic hydroxyl groups is 2. The van der Waals surface area contributed by atoms with Gasteiger partial charge >= 0.3 is 0 Å². The minimum atomic E-state index is -1.26. The van der Waals surface area contributed by atoms with Gasteiger partial charge in [0.1, 0.15) is 11.8 Å². The lowest BCUT2D eigenvalue weighted by Gasteiger charge is -2.18. The zero-order chi connectivity index (χ0) is 11.4. The maximum atomic E-state index is 11.2. The van der Waals surface area contributed by atoms with E-state index in [1.807, 2.05) is 0 Å². The number of carbonyl (C=O) groups excluding carboxylic acids is 2. The summed E-state index contributed by atoms with van der Waals surface area (Å²) in [5, 5.41) is 24.8. The molecule has 0 aromatic carbocycles. The molecule has 0 saturated heterocycles. The first kappa shape index (κ1) is 11.7. The predicted octanol–water partition coefficient (Wildman–Crippen LogP) is -1.55. The van der Waals surface area contributed by atoms with E-state index >= 15 is 0 Å². The highest BCUT2D eigenvalue weighted by molar-refractivity contribution is 6.50. The third-order valence-corrected chi connectivity index (χ3v) is 1.85. The van der Waals surface area contributed by atoms with Crippen LogP contribution >= 0.6 is 0 Å². The van der Waals surface area contributed by atoms with Crippen LogP contribution in [-0.2, 0) is 14.3 Å². The van der Waals surface area contributed by atoms with Crippen LogP contribution in [0.2, 0.25) is 0 Å². The predicted molar refractivity (Wildman–Crippen MR) is 49.7 cm³/mol. The van der Waals surface area contributed by atoms with Gasteiger partial charge in [0, 0.05) is 0 Å². The maximum absolute atomic E-state index is 11.2. The molecule has 0 aliphatic heterocycles. The van der Waals surface area contributed by atoms with Crippen molar-refractivity contribution in [2.24, 2.45) is 0 Å². The van der Waals surface area contributed by atoms with Crippen LogP contribution in [0.5, 0.6) is 0 Å². The van der Waals surface area contributed by atoms with E-state index in [-0.39, 0.29) is 6.61 Å². The maximum Gasteiger partial charge on any atom is 0.202 e. The zero-order valence-electron chi connectivity index (χ0n) is 7.84. The molecule has 0 radical (unpaired) electrons. The van der Waals surface area contributed by atoms with Crippen molar-refractivity contribution < 1.29 is 24.5 Å². The van der Waals surface area contributed by atoms with E-state index in [4.69, 9.17) is 20.4 Å². The van der Waals surface area contributed by atoms with Crippen LogP contribution in [0, 0.1) is 5.41 Å². The first-order valence-electron chi connectivity index (χ1n) is 4.31. The zero-order valence-corrected chi connectivity index (χ0v) is 7.84. The van der Waals surface area contributed by atoms with Crippen molar-refractivity contribution in [2.75, 3.05) is 13.2 Å². The molecule has 82 valence electrons. The van der Waals surface area contributed by atoms with Crippen LogP contribution in [0.3, 0.4) is 0 Å². The average molecular weight is 213 g/mol. The van der Waals surface area contributed by atoms with E-state index in [1.54, 1.807) is 0 Å². The summed E-state index contributed by atoms with van der Waals surface area (Å²) >= 11 is 0. The molecule has 6 nitrogen and oxygen atoms in total. The summed E-state index contributed by atoms with van der Waals surface area (Å²) in [7, 11) is 0. The van der Waals surface area contributed by atoms with Gasteiger partial charge in [0.05, 0.1) is 13.2 Å². The van der Waals surface area contributed by atoms with Gasteiger partial charge in [0.2, 0.25) is 5.78 Å². The van der Waals surface area contributed by atoms with E-state index < -0.39 is 36.1 Å². The first-order valence-corrected chi connectivity index (χ1v) is 4.31. The average Bonchev–Trinajstić information content (AvgIpc) is 2.23. The van der Waals surface area contributed by atoms with Crippen LogP contribution in [0.15, 0.2) is 12.2 Å². The molecule has 0 fully saturated rings. The molecule has 1 rings (SSSR count). The van der Waals surface area contributed by atoms with Crippen LogP contribution in [-0.4, -0.2) is 52.9 Å². The van der Waals surface area contributed by atoms with Gasteiger partial charge in [-0.2, -0.15) is 0 Å². The molecular formula is C9H11NO5. The number of nitrogens with one attached hydrogen (secondary N) is 1. The fraction of sp³-hybridized carbons (Fsp3) is 0.444. The Bertz CT molecular complexity index is 322. The molecule has 0 heterocycles. The SMILES string of the molecule is N=C1C(=O)C=CC(=O)C1OCC(O)CO. The lowest BCUT2D eigenvalue weighted by atomic mass is 10.00. The van der Waals surface area contributed by atoms with E-state index in [9.17, 15) is 9.59 Å². The highest BCUT2D eigenvalue weighted by Gasteiger charge is 2.30. The van der Waals surface area contributed by atoms with Gasteiger partial charge in [0.15, 0.2) is 11.9 Å². The fourth-order valence-electron chi connectivity index (χ4n) is 1.03. The lowest BCUT2D eigenvalue weighted by Crippen LogP contribution is -2.40. The monoisotopic (exact) mass is 213 g/mol. The van der Waals surface area contributed by atoms with Crippen molar-refractivity contribution in [1.82, 2.24) is 0 Å². The van der Waals surface area contributed by atoms with Crippen molar-refractivity contribution in [1.29, 1.82) is 5.41 Å². The van der Waals surface area contributed by atoms with Crippen molar-refractivity contribution >= 4 is 17.3 Å². The Balaban J connectivity index is 2.61. The summed E-state index contributed by atoms with van der Waals surface area (Å²) in [4.78, 5) is 22.2. The number of ether oxygens (including phenoxy) is 1. The lowest BCUT2D eigenvalue weighted by molar-refractivity contribution is -0.126. The molecule has 6 heteroatoms. The normalized spacial score (nSPS) is 23.3. The van der Waals surface area contributed by atoms with Gasteiger partial charge in [-0.25, -0.2) is 0 Å². The Labute approximate surface area is 85.7 Å². The van der Waals surface area contributed by atoms with Gasteiger partial charge in [-0.05, 0) is 12.2 Å². The summed E-state index contributed by atoms with van der Waals surface area (Å²) in [6.45, 7) is -0.797. The standard InChI is InChI=1S/C9H11NO5/c10-8-6(13)1-2-7(14)9(8)15-4-5(12)3-11/h1-2,5,9-12H,3-4H2. The second kappa shape index (κ2) is 4.92. The van der Waals surface area contributed by atoms with E-state index in [0.717, 1.165) is 12.2 Å². The third kappa shape index (κ3) is 2.79. The molecule has 2 unspecified atom stereocenters. The third-order valence-electron chi connectivity index (χ3n) is 1.85. The van der Waals surface area contributed by atoms with Crippen LogP contribution in [0.1, 0.15) is 0 Å². The number of hydrogen-bond donors (Lipinski definition) is 3. The van der Waals surface area contributed by atoms with Gasteiger partial charge in [-0.1, -0.05) is 0 Å². The van der Waals surface area contributed by atoms with Crippen molar-refractivity contribution in [3.63, 3.8) is 0 Å². The molecule has 0 bridgehead atoms. The second-order valence-electron chi connectivity index (χ2n) is 3.06. The van der Waals surface area contributed by atoms with E-state index in [1.165, 1.54) is 0 Å². The quantitative estimate of drug-likeness (QED) is 0.524. The number of hydrogen-bond acceptors (Lipinski definition) is 6. The van der Waals surface area contributed by atoms with Crippen LogP contribution in [0.4, 0.5) is 0 Å². The Morgan fingerprint density at radius 3 is 2.73 bits per heavy atom. The molecular weight excluding hydrogens is 202 g/mol. The Hall–Kier alpha value is -1.37. The largest absolute Gasteiger partial charge is 0.394 e. The molecule has 0 aromatic heterocycles. The summed E-state index contributed by atoms with van der Waals surface area (Å²) in [5.74, 6) is -1.09. The first-order chi connectivity index (χ1) is 7.06. The molecule has 0 aromatic rings. The Morgan fingerprint density at radius 2 is 2.13 bits per heavy atom. The molecule has 1 aliphatic rings. The van der Waals surface area contributed by atoms with Gasteiger partial charge in [-0.3, -0.25) is 15.0 Å². The van der Waals surface area contributed by atoms with Gasteiger partial charge in [0.25, 0.3) is 0 Å². The second-order valence-corrected chi connectivity index (χ2v) is 3.06. The number of rotatable bonds is 4. The van der Waals surface area contributed by atoms with E-state index in [2.05, 4.69) is 0 Å². The highest BCUT2D eigenvalue weighted by atomic mass is 16.5. The molecule has 0 amide bonds. The summed E-state index contributed by atoms with van der Waals surface area (Å²) < 4.78 is 4.87. The fourth-order valence-corrected chi connectivity index (χ4v) is 1.03. The van der Waals surface area contributed by atoms with Crippen molar-refractivity contribution in [2.45, 2.75) is 12.2 Å². The number of carbonyl (C=O) groups is 2. The van der Waals surface area contributed by atoms with Crippen molar-refractivity contribution in [3.05, 3.63) is 12.2 Å². The van der Waals surface area contributed by atoms with Gasteiger partial charge in [-0.15, -0.1) is 0 Å². The number of aliphatic hydroxyl groups excluding tert-OH is 2. The van der Waals surface area contributed by atoms with Crippen LogP contribution < -0.4 is 0 Å². The minimum absolute atomic E-state index is 0.295. The molecule has 1 aliphatic carbocycles. The number of ketones is 2. The molecule has 3 N–H and O–H groups in total. The molecule has 2 atom stereocenters. The van der Waals surface area contributed by atoms with Crippen molar-refractivity contribution in [3.8, 4) is 0 Å². The number of allylic oxidation sites excluding steroid dienone is 1. The van der Waals surface area contributed by atoms with Crippen LogP contribution in [0.25, 0.3) is 0 Å². The molecule has 0 saturated carbocycles. The minimum Gasteiger partial charge on any atom is -0.394 e. The van der Waals surface area contributed by atoms with E-state index in [0.29, 0.717) is 0 Å². The molecule has 0 spiro atoms. The van der Waals surface area contributed by atoms with Gasteiger partial charge < -0.3 is 14.9 Å². The summed E-state index contributed by atoms with van der Waals surface area (Å²) in [6, 6.07) is 0. The Morgan fingerprint density at radius 1 is 1.47 bits per heavy atom. The topological polar surface area (TPSA) is 108 Å².